The van der Waals surface area contributed by atoms with Gasteiger partial charge in [-0.15, -0.1) is 11.3 Å². The molecule has 92 valence electrons. The summed E-state index contributed by atoms with van der Waals surface area (Å²) >= 11 is 1.50. The fraction of sp³-hybridized carbons (Fsp3) is 0.600. The molecule has 16 heavy (non-hydrogen) atoms. The van der Waals surface area contributed by atoms with E-state index in [4.69, 9.17) is 0 Å². The van der Waals surface area contributed by atoms with Gasteiger partial charge in [0.25, 0.3) is 0 Å². The minimum absolute atomic E-state index is 0.201. The zero-order chi connectivity index (χ0) is 12.2. The van der Waals surface area contributed by atoms with Gasteiger partial charge in [0.15, 0.2) is 0 Å². The van der Waals surface area contributed by atoms with Crippen LogP contribution in [0.4, 0.5) is 17.6 Å². The zero-order valence-electron chi connectivity index (χ0n) is 8.77. The van der Waals surface area contributed by atoms with Crippen molar-refractivity contribution in [3.05, 3.63) is 21.9 Å². The van der Waals surface area contributed by atoms with Gasteiger partial charge in [-0.3, -0.25) is 0 Å². The number of rotatable bonds is 6. The maximum absolute atomic E-state index is 12.5. The molecule has 0 bridgehead atoms. The van der Waals surface area contributed by atoms with E-state index in [0.717, 1.165) is 16.2 Å². The second kappa shape index (κ2) is 5.63. The molecule has 0 fully saturated rings. The van der Waals surface area contributed by atoms with Crippen molar-refractivity contribution in [2.45, 2.75) is 32.2 Å². The summed E-state index contributed by atoms with van der Waals surface area (Å²) in [6.45, 7) is 1.20. The Balaban J connectivity index is 2.35. The average Bonchev–Trinajstić information content (AvgIpc) is 2.65. The highest BCUT2D eigenvalue weighted by Gasteiger charge is 2.39. The predicted molar refractivity (Wildman–Crippen MR) is 56.4 cm³/mol. The molecule has 1 aromatic heterocycles. The number of nitrogens with one attached hydrogen (secondary N) is 1. The molecule has 0 spiro atoms. The maximum Gasteiger partial charge on any atom is 0.319 e. The molecule has 1 aromatic rings. The Bertz CT molecular complexity index is 324. The molecule has 0 amide bonds. The number of thiophene rings is 1. The Morgan fingerprint density at radius 2 is 1.94 bits per heavy atom. The van der Waals surface area contributed by atoms with Gasteiger partial charge in [-0.1, -0.05) is 6.92 Å². The van der Waals surface area contributed by atoms with Gasteiger partial charge in [0.2, 0.25) is 0 Å². The van der Waals surface area contributed by atoms with Crippen LogP contribution in [-0.2, 0) is 13.0 Å². The number of alkyl halides is 4. The molecule has 0 unspecified atom stereocenters. The summed E-state index contributed by atoms with van der Waals surface area (Å²) in [7, 11) is 0. The van der Waals surface area contributed by atoms with Crippen LogP contribution in [0, 0.1) is 0 Å². The van der Waals surface area contributed by atoms with Crippen LogP contribution < -0.4 is 5.32 Å². The van der Waals surface area contributed by atoms with Crippen LogP contribution in [0.1, 0.15) is 16.7 Å². The minimum Gasteiger partial charge on any atom is -0.306 e. The molecular formula is C10H13F4NS. The third-order valence-electron chi connectivity index (χ3n) is 2.04. The summed E-state index contributed by atoms with van der Waals surface area (Å²) < 4.78 is 48.6. The summed E-state index contributed by atoms with van der Waals surface area (Å²) in [4.78, 5) is 2.03. The van der Waals surface area contributed by atoms with Crippen LogP contribution in [0.2, 0.25) is 0 Å². The highest BCUT2D eigenvalue weighted by atomic mass is 32.1. The van der Waals surface area contributed by atoms with Crippen LogP contribution in [0.25, 0.3) is 0 Å². The van der Waals surface area contributed by atoms with Gasteiger partial charge in [0.1, 0.15) is 0 Å². The molecule has 1 nitrogen and oxygen atoms in total. The number of hydrogen-bond acceptors (Lipinski definition) is 2. The number of aryl methyl sites for hydroxylation is 1. The molecule has 0 aliphatic carbocycles. The quantitative estimate of drug-likeness (QED) is 0.769. The van der Waals surface area contributed by atoms with Gasteiger partial charge in [-0.2, -0.15) is 8.78 Å². The number of hydrogen-bond donors (Lipinski definition) is 1. The van der Waals surface area contributed by atoms with Crippen molar-refractivity contribution in [3.8, 4) is 0 Å². The highest BCUT2D eigenvalue weighted by molar-refractivity contribution is 7.11. The summed E-state index contributed by atoms with van der Waals surface area (Å²) in [5.74, 6) is -3.95. The molecule has 0 saturated heterocycles. The first kappa shape index (κ1) is 13.4. The van der Waals surface area contributed by atoms with E-state index >= 15 is 0 Å². The summed E-state index contributed by atoms with van der Waals surface area (Å²) in [5, 5.41) is 2.34. The van der Waals surface area contributed by atoms with Crippen LogP contribution >= 0.6 is 11.3 Å². The van der Waals surface area contributed by atoms with E-state index in [-0.39, 0.29) is 6.54 Å². The molecule has 0 aromatic carbocycles. The van der Waals surface area contributed by atoms with Crippen LogP contribution in [0.5, 0.6) is 0 Å². The second-order valence-electron chi connectivity index (χ2n) is 3.39. The Labute approximate surface area is 95.5 Å². The van der Waals surface area contributed by atoms with Crippen molar-refractivity contribution in [2.24, 2.45) is 0 Å². The van der Waals surface area contributed by atoms with Crippen molar-refractivity contribution in [3.63, 3.8) is 0 Å². The molecule has 0 radical (unpaired) electrons. The number of halogens is 4. The van der Waals surface area contributed by atoms with Gasteiger partial charge in [0, 0.05) is 16.3 Å². The predicted octanol–water partition coefficient (Wildman–Crippen LogP) is 3.30. The average molecular weight is 255 g/mol. The van der Waals surface area contributed by atoms with Gasteiger partial charge < -0.3 is 5.32 Å². The summed E-state index contributed by atoms with van der Waals surface area (Å²) in [6.07, 6.45) is -2.73. The van der Waals surface area contributed by atoms with Crippen LogP contribution in [0.15, 0.2) is 12.1 Å². The Kier molecular flexibility index (Phi) is 4.73. The van der Waals surface area contributed by atoms with Gasteiger partial charge >= 0.3 is 12.3 Å². The van der Waals surface area contributed by atoms with Crippen LogP contribution in [-0.4, -0.2) is 18.9 Å². The van der Waals surface area contributed by atoms with E-state index in [1.54, 1.807) is 0 Å². The smallest absolute Gasteiger partial charge is 0.306 e. The molecule has 0 saturated carbocycles. The van der Waals surface area contributed by atoms with Crippen molar-refractivity contribution in [2.75, 3.05) is 6.54 Å². The SMILES string of the molecule is CCc1ccc(CNCC(F)(F)C(F)F)s1. The largest absolute Gasteiger partial charge is 0.319 e. The van der Waals surface area contributed by atoms with E-state index < -0.39 is 18.9 Å². The van der Waals surface area contributed by atoms with Crippen LogP contribution in [0.3, 0.4) is 0 Å². The monoisotopic (exact) mass is 255 g/mol. The van der Waals surface area contributed by atoms with E-state index in [1.165, 1.54) is 11.3 Å². The third kappa shape index (κ3) is 3.75. The van der Waals surface area contributed by atoms with E-state index in [9.17, 15) is 17.6 Å². The molecule has 0 aliphatic rings. The molecule has 0 aliphatic heterocycles. The lowest BCUT2D eigenvalue weighted by atomic mass is 10.3. The first-order valence-electron chi connectivity index (χ1n) is 4.90. The van der Waals surface area contributed by atoms with E-state index in [1.807, 2.05) is 19.1 Å². The molecular weight excluding hydrogens is 242 g/mol. The lowest BCUT2D eigenvalue weighted by molar-refractivity contribution is -0.125. The molecule has 1 heterocycles. The van der Waals surface area contributed by atoms with E-state index in [2.05, 4.69) is 5.32 Å². The van der Waals surface area contributed by atoms with Crippen molar-refractivity contribution < 1.29 is 17.6 Å². The fourth-order valence-corrected chi connectivity index (χ4v) is 2.06. The molecule has 6 heteroatoms. The summed E-state index contributed by atoms with van der Waals surface area (Å²) in [6, 6.07) is 3.73. The topological polar surface area (TPSA) is 12.0 Å². The minimum atomic E-state index is -3.95. The van der Waals surface area contributed by atoms with Gasteiger partial charge in [0.05, 0.1) is 6.54 Å². The zero-order valence-corrected chi connectivity index (χ0v) is 9.59. The van der Waals surface area contributed by atoms with E-state index in [0.29, 0.717) is 0 Å². The summed E-state index contributed by atoms with van der Waals surface area (Å²) in [5.41, 5.74) is 0. The maximum atomic E-state index is 12.5. The highest BCUT2D eigenvalue weighted by Crippen LogP contribution is 2.22. The Morgan fingerprint density at radius 3 is 2.44 bits per heavy atom. The van der Waals surface area contributed by atoms with Crippen molar-refractivity contribution in [1.82, 2.24) is 5.32 Å². The molecule has 0 atom stereocenters. The third-order valence-corrected chi connectivity index (χ3v) is 3.27. The second-order valence-corrected chi connectivity index (χ2v) is 4.64. The molecule has 1 rings (SSSR count). The van der Waals surface area contributed by atoms with Crippen molar-refractivity contribution in [1.29, 1.82) is 0 Å². The normalized spacial score (nSPS) is 12.4. The van der Waals surface area contributed by atoms with Crippen molar-refractivity contribution >= 4 is 11.3 Å². The standard InChI is InChI=1S/C10H13F4NS/c1-2-7-3-4-8(16-7)5-15-6-10(13,14)9(11)12/h3-4,9,15H,2,5-6H2,1H3. The lowest BCUT2D eigenvalue weighted by Crippen LogP contribution is -2.38. The first-order valence-corrected chi connectivity index (χ1v) is 5.71. The fourth-order valence-electron chi connectivity index (χ4n) is 1.14. The Hall–Kier alpha value is -0.620. The lowest BCUT2D eigenvalue weighted by Gasteiger charge is -2.15. The van der Waals surface area contributed by atoms with Gasteiger partial charge in [-0.05, 0) is 18.6 Å². The molecule has 1 N–H and O–H groups in total. The van der Waals surface area contributed by atoms with Gasteiger partial charge in [-0.25, -0.2) is 8.78 Å². The first-order chi connectivity index (χ1) is 7.45. The Morgan fingerprint density at radius 1 is 1.31 bits per heavy atom.